The van der Waals surface area contributed by atoms with Crippen LogP contribution in [-0.4, -0.2) is 27.4 Å². The van der Waals surface area contributed by atoms with Crippen molar-refractivity contribution >= 4 is 55.3 Å². The number of halogens is 2. The molecule has 0 N–H and O–H groups in total. The fourth-order valence-electron chi connectivity index (χ4n) is 4.97. The molecule has 1 heterocycles. The van der Waals surface area contributed by atoms with Gasteiger partial charge >= 0.3 is 5.97 Å². The highest BCUT2D eigenvalue weighted by Crippen LogP contribution is 2.60. The number of carbonyl (C=O) groups is 3. The average Bonchev–Trinajstić information content (AvgIpc) is 3.28. The highest BCUT2D eigenvalue weighted by atomic mass is 79.9. The van der Waals surface area contributed by atoms with Gasteiger partial charge in [0.15, 0.2) is 0 Å². The van der Waals surface area contributed by atoms with Crippen molar-refractivity contribution in [1.82, 2.24) is 0 Å². The molecule has 2 saturated carbocycles. The molecule has 3 fully saturated rings. The van der Waals surface area contributed by atoms with Crippen LogP contribution in [0.1, 0.15) is 39.0 Å². The van der Waals surface area contributed by atoms with Crippen LogP contribution in [0.15, 0.2) is 24.3 Å². The van der Waals surface area contributed by atoms with Crippen LogP contribution in [0.3, 0.4) is 0 Å². The van der Waals surface area contributed by atoms with Crippen molar-refractivity contribution in [3.63, 3.8) is 0 Å². The molecule has 2 aliphatic carbocycles. The Balaban J connectivity index is 1.46. The molecule has 3 aliphatic rings. The fourth-order valence-corrected chi connectivity index (χ4v) is 6.84. The predicted octanol–water partition coefficient (Wildman–Crippen LogP) is 4.45. The van der Waals surface area contributed by atoms with Gasteiger partial charge in [-0.25, -0.2) is 0 Å². The number of benzene rings is 1. The number of imide groups is 1. The number of ether oxygens (including phenoxy) is 1. The van der Waals surface area contributed by atoms with Crippen molar-refractivity contribution in [2.75, 3.05) is 4.90 Å². The van der Waals surface area contributed by atoms with Gasteiger partial charge in [-0.15, -0.1) is 0 Å². The number of alkyl halides is 2. The molecule has 1 aromatic rings. The Morgan fingerprint density at radius 1 is 1.04 bits per heavy atom. The molecular weight excluding hydrogens is 490 g/mol. The quantitative estimate of drug-likeness (QED) is 0.186. The topological polar surface area (TPSA) is 63.7 Å². The smallest absolute Gasteiger partial charge is 0.311 e. The molecule has 4 rings (SSSR count). The highest BCUT2D eigenvalue weighted by Gasteiger charge is 2.66. The second-order valence-corrected chi connectivity index (χ2v) is 10.1. The minimum Gasteiger partial charge on any atom is -0.427 e. The molecule has 1 aromatic carbocycles. The molecule has 1 aliphatic heterocycles. The Bertz CT molecular complexity index is 764. The minimum absolute atomic E-state index is 0.101. The van der Waals surface area contributed by atoms with Crippen molar-refractivity contribution in [2.24, 2.45) is 23.7 Å². The summed E-state index contributed by atoms with van der Waals surface area (Å²) in [4.78, 5) is 39.7. The maximum Gasteiger partial charge on any atom is 0.311 e. The standard InChI is InChI=1S/C21H23Br2NO4/c1-2-3-4-5-15(25)28-12-8-6-11(7-9-12)24-20(26)16-13-10-14(17(16)21(24)27)19(23)18(13)22/h6-9,13-14,16-19H,2-5,10H2,1H3/t13-,14-,16-,17-,18-,19+/m1/s1. The first-order valence-corrected chi connectivity index (χ1v) is 11.7. The van der Waals surface area contributed by atoms with E-state index in [4.69, 9.17) is 4.74 Å². The Kier molecular flexibility index (Phi) is 5.67. The van der Waals surface area contributed by atoms with E-state index in [9.17, 15) is 14.4 Å². The molecular formula is C21H23Br2NO4. The van der Waals surface area contributed by atoms with Gasteiger partial charge in [-0.3, -0.25) is 19.3 Å². The summed E-state index contributed by atoms with van der Waals surface area (Å²) < 4.78 is 5.34. The van der Waals surface area contributed by atoms with Crippen molar-refractivity contribution in [1.29, 1.82) is 0 Å². The number of carbonyl (C=O) groups excluding carboxylic acids is 3. The fraction of sp³-hybridized carbons (Fsp3) is 0.571. The third-order valence-electron chi connectivity index (χ3n) is 6.30. The van der Waals surface area contributed by atoms with Crippen LogP contribution in [0, 0.1) is 23.7 Å². The van der Waals surface area contributed by atoms with E-state index in [-0.39, 0.29) is 51.1 Å². The molecule has 0 aromatic heterocycles. The first kappa shape index (κ1) is 20.1. The summed E-state index contributed by atoms with van der Waals surface area (Å²) in [5.74, 6) is -0.0869. The van der Waals surface area contributed by atoms with E-state index >= 15 is 0 Å². The van der Waals surface area contributed by atoms with E-state index in [2.05, 4.69) is 38.8 Å². The first-order chi connectivity index (χ1) is 13.4. The summed E-state index contributed by atoms with van der Waals surface area (Å²) in [6.45, 7) is 2.08. The van der Waals surface area contributed by atoms with Crippen LogP contribution in [0.25, 0.3) is 0 Å². The molecule has 2 bridgehead atoms. The Morgan fingerprint density at radius 3 is 2.14 bits per heavy atom. The number of fused-ring (bicyclic) bond motifs is 5. The van der Waals surface area contributed by atoms with Crippen molar-refractivity contribution in [2.45, 2.75) is 48.7 Å². The van der Waals surface area contributed by atoms with Crippen LogP contribution >= 0.6 is 31.9 Å². The number of hydrogen-bond donors (Lipinski definition) is 0. The first-order valence-electron chi connectivity index (χ1n) is 9.90. The molecule has 0 radical (unpaired) electrons. The highest BCUT2D eigenvalue weighted by molar-refractivity contribution is 9.12. The molecule has 1 saturated heterocycles. The Morgan fingerprint density at radius 2 is 1.61 bits per heavy atom. The van der Waals surface area contributed by atoms with E-state index in [0.29, 0.717) is 17.9 Å². The molecule has 5 nitrogen and oxygen atoms in total. The van der Waals surface area contributed by atoms with Gasteiger partial charge in [0.25, 0.3) is 0 Å². The van der Waals surface area contributed by atoms with Crippen molar-refractivity contribution in [3.8, 4) is 5.75 Å². The summed E-state index contributed by atoms with van der Waals surface area (Å²) in [6.07, 6.45) is 4.18. The molecule has 2 amide bonds. The van der Waals surface area contributed by atoms with Crippen LogP contribution in [-0.2, 0) is 14.4 Å². The van der Waals surface area contributed by atoms with Gasteiger partial charge in [0.2, 0.25) is 11.8 Å². The number of nitrogens with zero attached hydrogens (tertiary/aromatic N) is 1. The number of rotatable bonds is 6. The Hall–Kier alpha value is -1.21. The van der Waals surface area contributed by atoms with Crippen LogP contribution in [0.5, 0.6) is 5.75 Å². The zero-order valence-corrected chi connectivity index (χ0v) is 18.8. The lowest BCUT2D eigenvalue weighted by molar-refractivity contribution is -0.134. The predicted molar refractivity (Wildman–Crippen MR) is 113 cm³/mol. The number of unbranched alkanes of at least 4 members (excludes halogenated alkanes) is 2. The average molecular weight is 513 g/mol. The van der Waals surface area contributed by atoms with E-state index in [1.807, 2.05) is 0 Å². The summed E-state index contributed by atoms with van der Waals surface area (Å²) in [5.41, 5.74) is 0.548. The van der Waals surface area contributed by atoms with Crippen LogP contribution < -0.4 is 9.64 Å². The van der Waals surface area contributed by atoms with Gasteiger partial charge in [-0.2, -0.15) is 0 Å². The monoisotopic (exact) mass is 511 g/mol. The summed E-state index contributed by atoms with van der Waals surface area (Å²) in [5, 5.41) is 0. The van der Waals surface area contributed by atoms with Gasteiger partial charge in [0.1, 0.15) is 5.75 Å². The maximum absolute atomic E-state index is 13.0. The SMILES string of the molecule is CCCCCC(=O)Oc1ccc(N2C(=O)[C@@H]3[C@H]4C[C@@H]([C@@H](Br)[C@H]4Br)[C@H]3C2=O)cc1. The lowest BCUT2D eigenvalue weighted by Gasteiger charge is -2.28. The molecule has 0 unspecified atom stereocenters. The summed E-state index contributed by atoms with van der Waals surface area (Å²) >= 11 is 7.40. The number of esters is 1. The summed E-state index contributed by atoms with van der Waals surface area (Å²) in [7, 11) is 0. The number of amides is 2. The number of anilines is 1. The Labute approximate surface area is 181 Å². The molecule has 0 spiro atoms. The van der Waals surface area contributed by atoms with E-state index < -0.39 is 0 Å². The summed E-state index contributed by atoms with van der Waals surface area (Å²) in [6, 6.07) is 6.67. The lowest BCUT2D eigenvalue weighted by atomic mass is 9.81. The number of hydrogen-bond acceptors (Lipinski definition) is 4. The maximum atomic E-state index is 13.0. The zero-order chi connectivity index (χ0) is 20.0. The molecule has 150 valence electrons. The van der Waals surface area contributed by atoms with E-state index in [0.717, 1.165) is 25.7 Å². The lowest BCUT2D eigenvalue weighted by Crippen LogP contribution is -2.37. The third kappa shape index (κ3) is 3.24. The van der Waals surface area contributed by atoms with Gasteiger partial charge in [-0.1, -0.05) is 51.6 Å². The van der Waals surface area contributed by atoms with Gasteiger partial charge < -0.3 is 4.74 Å². The van der Waals surface area contributed by atoms with Crippen LogP contribution in [0.2, 0.25) is 0 Å². The van der Waals surface area contributed by atoms with Crippen LogP contribution in [0.4, 0.5) is 5.69 Å². The van der Waals surface area contributed by atoms with Crippen molar-refractivity contribution in [3.05, 3.63) is 24.3 Å². The second kappa shape index (κ2) is 7.90. The normalized spacial score (nSPS) is 33.5. The van der Waals surface area contributed by atoms with E-state index in [1.54, 1.807) is 24.3 Å². The van der Waals surface area contributed by atoms with Gasteiger partial charge in [0.05, 0.1) is 17.5 Å². The van der Waals surface area contributed by atoms with Gasteiger partial charge in [-0.05, 0) is 48.9 Å². The van der Waals surface area contributed by atoms with Gasteiger partial charge in [0, 0.05) is 16.1 Å². The minimum atomic E-state index is -0.257. The third-order valence-corrected chi connectivity index (χ3v) is 9.50. The second-order valence-electron chi connectivity index (χ2n) is 7.94. The molecule has 7 heteroatoms. The molecule has 6 atom stereocenters. The molecule has 28 heavy (non-hydrogen) atoms. The largest absolute Gasteiger partial charge is 0.427 e. The zero-order valence-electron chi connectivity index (χ0n) is 15.6. The van der Waals surface area contributed by atoms with E-state index in [1.165, 1.54) is 4.90 Å². The van der Waals surface area contributed by atoms with Crippen molar-refractivity contribution < 1.29 is 19.1 Å².